The van der Waals surface area contributed by atoms with Crippen molar-refractivity contribution < 1.29 is 32.6 Å². The largest absolute Gasteiger partial charge is 0.465 e. The van der Waals surface area contributed by atoms with E-state index in [4.69, 9.17) is 14.5 Å². The second-order valence-corrected chi connectivity index (χ2v) is 9.96. The molecule has 5 rings (SSSR count). The topological polar surface area (TPSA) is 124 Å². The Bertz CT molecular complexity index is 1350. The van der Waals surface area contributed by atoms with Gasteiger partial charge in [0.1, 0.15) is 27.8 Å². The molecule has 0 radical (unpaired) electrons. The van der Waals surface area contributed by atoms with E-state index >= 15 is 0 Å². The lowest BCUT2D eigenvalue weighted by molar-refractivity contribution is -0.0540. The summed E-state index contributed by atoms with van der Waals surface area (Å²) in [6.45, 7) is -0.408. The summed E-state index contributed by atoms with van der Waals surface area (Å²) in [4.78, 5) is 38.9. The molecule has 0 aliphatic carbocycles. The number of carbonyl (C=O) groups is 2. The van der Waals surface area contributed by atoms with Crippen molar-refractivity contribution in [3.63, 3.8) is 0 Å². The van der Waals surface area contributed by atoms with Crippen LogP contribution in [0.2, 0.25) is 0 Å². The standard InChI is InChI=1S/C26H25F2N5O5S/c1-15-11-17-9-10-36-25(32-21(34)16-5-3-2-4-6-16)33-26(17,14-37-15)23-31-20(13-39-23)30-22(35)19-8-7-18(12-29-19)38-24(27)28/h2-8,12-13,15,17,24H,9-11,14H2,1H3,(H,30,35)(H,32,33,34)/t15-,17+,26-/m0/s1. The summed E-state index contributed by atoms with van der Waals surface area (Å²) in [6, 6.07) is 11.3. The molecular formula is C26H25F2N5O5S. The van der Waals surface area contributed by atoms with Gasteiger partial charge in [0.2, 0.25) is 0 Å². The number of thiazole rings is 1. The highest BCUT2D eigenvalue weighted by molar-refractivity contribution is 7.10. The van der Waals surface area contributed by atoms with Gasteiger partial charge in [0.15, 0.2) is 0 Å². The van der Waals surface area contributed by atoms with Crippen molar-refractivity contribution >= 4 is 35.0 Å². The summed E-state index contributed by atoms with van der Waals surface area (Å²) >= 11 is 1.30. The Hall–Kier alpha value is -3.97. The van der Waals surface area contributed by atoms with Crippen LogP contribution in [-0.4, -0.2) is 53.7 Å². The van der Waals surface area contributed by atoms with Crippen LogP contribution < -0.4 is 15.4 Å². The highest BCUT2D eigenvalue weighted by Crippen LogP contribution is 2.45. The molecule has 39 heavy (non-hydrogen) atoms. The molecule has 2 aliphatic heterocycles. The number of aliphatic imine (C=N–C) groups is 1. The first-order valence-corrected chi connectivity index (χ1v) is 13.1. The second kappa shape index (κ2) is 11.4. The molecule has 0 unspecified atom stereocenters. The van der Waals surface area contributed by atoms with Gasteiger partial charge in [0.25, 0.3) is 17.8 Å². The Kier molecular flexibility index (Phi) is 7.79. The lowest BCUT2D eigenvalue weighted by Gasteiger charge is -2.40. The number of rotatable bonds is 6. The van der Waals surface area contributed by atoms with E-state index in [1.807, 2.05) is 13.0 Å². The highest BCUT2D eigenvalue weighted by Gasteiger charge is 2.49. The number of amides is 2. The number of alkyl halides is 2. The number of carbonyl (C=O) groups excluding carboxylic acids is 2. The summed E-state index contributed by atoms with van der Waals surface area (Å²) in [5, 5.41) is 7.72. The maximum atomic E-state index is 12.8. The molecule has 1 fully saturated rings. The molecule has 2 amide bonds. The van der Waals surface area contributed by atoms with Gasteiger partial charge in [-0.3, -0.25) is 14.9 Å². The van der Waals surface area contributed by atoms with Crippen molar-refractivity contribution in [2.75, 3.05) is 18.5 Å². The van der Waals surface area contributed by atoms with Crippen LogP contribution in [0.1, 0.15) is 45.6 Å². The number of amidine groups is 1. The predicted octanol–water partition coefficient (Wildman–Crippen LogP) is 4.22. The number of ether oxygens (including phenoxy) is 3. The van der Waals surface area contributed by atoms with E-state index in [0.717, 1.165) is 6.20 Å². The van der Waals surface area contributed by atoms with E-state index in [2.05, 4.69) is 25.3 Å². The van der Waals surface area contributed by atoms with Gasteiger partial charge in [-0.05, 0) is 49.9 Å². The van der Waals surface area contributed by atoms with E-state index < -0.39 is 18.1 Å². The van der Waals surface area contributed by atoms with Crippen molar-refractivity contribution in [2.45, 2.75) is 38.0 Å². The van der Waals surface area contributed by atoms with E-state index in [9.17, 15) is 18.4 Å². The van der Waals surface area contributed by atoms with Gasteiger partial charge >= 0.3 is 6.61 Å². The van der Waals surface area contributed by atoms with Gasteiger partial charge in [-0.25, -0.2) is 15.0 Å². The molecule has 0 bridgehead atoms. The molecule has 204 valence electrons. The van der Waals surface area contributed by atoms with Crippen LogP contribution in [-0.2, 0) is 15.0 Å². The van der Waals surface area contributed by atoms with Gasteiger partial charge in [0.05, 0.1) is 25.5 Å². The number of aromatic nitrogens is 2. The molecule has 2 aliphatic rings. The monoisotopic (exact) mass is 557 g/mol. The number of anilines is 1. The average molecular weight is 558 g/mol. The van der Waals surface area contributed by atoms with Crippen molar-refractivity contribution in [2.24, 2.45) is 10.9 Å². The van der Waals surface area contributed by atoms with E-state index in [-0.39, 0.29) is 47.8 Å². The lowest BCUT2D eigenvalue weighted by Crippen LogP contribution is -2.46. The molecule has 2 N–H and O–H groups in total. The summed E-state index contributed by atoms with van der Waals surface area (Å²) in [5.74, 6) is -0.778. The van der Waals surface area contributed by atoms with Crippen LogP contribution in [0.15, 0.2) is 59.0 Å². The first-order chi connectivity index (χ1) is 18.8. The molecule has 13 heteroatoms. The molecule has 1 aromatic carbocycles. The maximum Gasteiger partial charge on any atom is 0.387 e. The fourth-order valence-electron chi connectivity index (χ4n) is 4.55. The highest BCUT2D eigenvalue weighted by atomic mass is 32.1. The summed E-state index contributed by atoms with van der Waals surface area (Å²) in [5.41, 5.74) is -0.458. The smallest absolute Gasteiger partial charge is 0.387 e. The minimum atomic E-state index is -2.99. The third-order valence-corrected chi connectivity index (χ3v) is 7.46. The molecule has 4 heterocycles. The zero-order valence-corrected chi connectivity index (χ0v) is 21.6. The first kappa shape index (κ1) is 26.6. The average Bonchev–Trinajstić information content (AvgIpc) is 3.31. The molecule has 3 aromatic rings. The third kappa shape index (κ3) is 6.04. The number of fused-ring (bicyclic) bond motifs is 1. The van der Waals surface area contributed by atoms with Crippen LogP contribution in [0.5, 0.6) is 5.75 Å². The summed E-state index contributed by atoms with van der Waals surface area (Å²) < 4.78 is 40.9. The van der Waals surface area contributed by atoms with Crippen molar-refractivity contribution in [1.82, 2.24) is 15.3 Å². The number of hydrogen-bond donors (Lipinski definition) is 2. The molecule has 2 aromatic heterocycles. The van der Waals surface area contributed by atoms with Gasteiger partial charge in [0, 0.05) is 10.9 Å². The van der Waals surface area contributed by atoms with E-state index in [0.29, 0.717) is 30.0 Å². The van der Waals surface area contributed by atoms with Crippen molar-refractivity contribution in [3.8, 4) is 5.75 Å². The van der Waals surface area contributed by atoms with Crippen molar-refractivity contribution in [3.05, 3.63) is 70.3 Å². The Morgan fingerprint density at radius 1 is 1.15 bits per heavy atom. The van der Waals surface area contributed by atoms with Crippen LogP contribution in [0.3, 0.4) is 0 Å². The fraction of sp³-hybridized carbons (Fsp3) is 0.346. The van der Waals surface area contributed by atoms with E-state index in [1.54, 1.807) is 29.6 Å². The van der Waals surface area contributed by atoms with Crippen LogP contribution in [0, 0.1) is 5.92 Å². The van der Waals surface area contributed by atoms with Gasteiger partial charge < -0.3 is 19.5 Å². The van der Waals surface area contributed by atoms with Gasteiger partial charge in [-0.2, -0.15) is 8.78 Å². The van der Waals surface area contributed by atoms with Gasteiger partial charge in [-0.15, -0.1) is 11.3 Å². The zero-order valence-electron chi connectivity index (χ0n) is 20.8. The number of benzene rings is 1. The number of nitrogens with one attached hydrogen (secondary N) is 2. The van der Waals surface area contributed by atoms with Crippen LogP contribution >= 0.6 is 11.3 Å². The Labute approximate surface area is 226 Å². The van der Waals surface area contributed by atoms with Gasteiger partial charge in [-0.1, -0.05) is 18.2 Å². The Morgan fingerprint density at radius 2 is 1.97 bits per heavy atom. The van der Waals surface area contributed by atoms with E-state index in [1.165, 1.54) is 23.5 Å². The number of nitrogens with zero attached hydrogens (tertiary/aromatic N) is 3. The SMILES string of the molecule is C[C@H]1C[C@H]2CCOC(NC(=O)c3ccccc3)=N[C@@]2(c2nc(NC(=O)c3ccc(OC(F)F)cn3)cs2)CO1. The van der Waals surface area contributed by atoms with Crippen LogP contribution in [0.4, 0.5) is 14.6 Å². The van der Waals surface area contributed by atoms with Crippen LogP contribution in [0.25, 0.3) is 0 Å². The fourth-order valence-corrected chi connectivity index (χ4v) is 5.51. The Balaban J connectivity index is 1.38. The summed E-state index contributed by atoms with van der Waals surface area (Å²) in [6.07, 6.45) is 2.44. The minimum Gasteiger partial charge on any atom is -0.465 e. The minimum absolute atomic E-state index is 0.00354. The molecule has 1 saturated heterocycles. The second-order valence-electron chi connectivity index (χ2n) is 9.10. The zero-order chi connectivity index (χ0) is 27.4. The quantitative estimate of drug-likeness (QED) is 0.465. The van der Waals surface area contributed by atoms with Crippen molar-refractivity contribution in [1.29, 1.82) is 0 Å². The maximum absolute atomic E-state index is 12.8. The molecule has 3 atom stereocenters. The number of hydrogen-bond acceptors (Lipinski definition) is 9. The predicted molar refractivity (Wildman–Crippen MR) is 138 cm³/mol. The molecule has 0 saturated carbocycles. The summed E-state index contributed by atoms with van der Waals surface area (Å²) in [7, 11) is 0. The third-order valence-electron chi connectivity index (χ3n) is 6.45. The number of pyridine rings is 1. The normalized spacial score (nSPS) is 22.6. The lowest BCUT2D eigenvalue weighted by atomic mass is 9.78. The molecule has 0 spiro atoms. The molecule has 10 nitrogen and oxygen atoms in total. The Morgan fingerprint density at radius 3 is 2.72 bits per heavy atom. The first-order valence-electron chi connectivity index (χ1n) is 12.2. The molecular weight excluding hydrogens is 532 g/mol. The number of halogens is 2.